The topological polar surface area (TPSA) is 92.5 Å². The average Bonchev–Trinajstić information content (AvgIpc) is 2.65. The Hall–Kier alpha value is -2.80. The van der Waals surface area contributed by atoms with E-state index in [4.69, 9.17) is 5.11 Å². The van der Waals surface area contributed by atoms with Crippen LogP contribution in [0, 0.1) is 5.21 Å². The summed E-state index contributed by atoms with van der Waals surface area (Å²) >= 11 is 4.29. The lowest BCUT2D eigenvalue weighted by Crippen LogP contribution is -2.30. The minimum Gasteiger partial charge on any atom is -0.623 e. The maximum absolute atomic E-state index is 12.5. The molecule has 7 heteroatoms. The molecule has 0 bridgehead atoms. The Kier molecular flexibility index (Phi) is 6.85. The van der Waals surface area contributed by atoms with Crippen LogP contribution in [0.15, 0.2) is 48.5 Å². The van der Waals surface area contributed by atoms with Gasteiger partial charge >= 0.3 is 5.97 Å². The van der Waals surface area contributed by atoms with E-state index >= 15 is 0 Å². The van der Waals surface area contributed by atoms with Gasteiger partial charge < -0.3 is 15.6 Å². The van der Waals surface area contributed by atoms with Crippen molar-refractivity contribution in [2.75, 3.05) is 5.75 Å². The van der Waals surface area contributed by atoms with Gasteiger partial charge in [0.25, 0.3) is 5.91 Å². The molecule has 1 amide bonds. The maximum atomic E-state index is 12.5. The van der Waals surface area contributed by atoms with Crippen molar-refractivity contribution < 1.29 is 19.4 Å². The van der Waals surface area contributed by atoms with Crippen molar-refractivity contribution in [2.24, 2.45) is 0 Å². The molecule has 0 aliphatic carbocycles. The first-order valence-corrected chi connectivity index (χ1v) is 9.41. The number of hydrogen-bond acceptors (Lipinski definition) is 4. The number of rotatable bonds is 6. The Morgan fingerprint density at radius 2 is 1.64 bits per heavy atom. The zero-order chi connectivity index (χ0) is 20.9. The molecule has 0 aliphatic heterocycles. The fourth-order valence-corrected chi connectivity index (χ4v) is 2.69. The van der Waals surface area contributed by atoms with Crippen LogP contribution in [0.4, 0.5) is 0 Å². The third-order valence-corrected chi connectivity index (χ3v) is 4.51. The van der Waals surface area contributed by atoms with Crippen LogP contribution in [0.5, 0.6) is 0 Å². The van der Waals surface area contributed by atoms with Gasteiger partial charge in [-0.3, -0.25) is 4.79 Å². The third-order valence-electron chi connectivity index (χ3n) is 4.15. The van der Waals surface area contributed by atoms with E-state index in [0.717, 1.165) is 10.3 Å². The van der Waals surface area contributed by atoms with E-state index in [1.54, 1.807) is 36.4 Å². The highest BCUT2D eigenvalue weighted by Gasteiger charge is 2.18. The molecule has 0 aliphatic rings. The molecule has 2 rings (SSSR count). The number of benzene rings is 2. The van der Waals surface area contributed by atoms with Gasteiger partial charge in [0.1, 0.15) is 0 Å². The summed E-state index contributed by atoms with van der Waals surface area (Å²) < 4.78 is 0.875. The SMILES string of the molecule is CC(C)(C)/[N+]([O-])=C/c1ccc(C(=O)NC(CS)c2ccc(C(=O)O)cc2)cc1. The lowest BCUT2D eigenvalue weighted by molar-refractivity contribution is -0.530. The first-order chi connectivity index (χ1) is 13.1. The van der Waals surface area contributed by atoms with Crippen LogP contribution >= 0.6 is 12.6 Å². The van der Waals surface area contributed by atoms with Crippen molar-refractivity contribution in [3.8, 4) is 0 Å². The Bertz CT molecular complexity index is 869. The highest BCUT2D eigenvalue weighted by molar-refractivity contribution is 7.80. The van der Waals surface area contributed by atoms with Gasteiger partial charge in [-0.15, -0.1) is 0 Å². The molecule has 1 unspecified atom stereocenters. The standard InChI is InChI=1S/C21H24N2O4S/c1-21(2,3)23(27)12-14-4-6-16(7-5-14)19(24)22-18(13-28)15-8-10-17(11-9-15)20(25)26/h4-12,18,28H,13H2,1-3H3,(H,22,24)(H,25,26)/b23-12-. The molecule has 0 saturated heterocycles. The first-order valence-electron chi connectivity index (χ1n) is 8.78. The summed E-state index contributed by atoms with van der Waals surface area (Å²) in [4.78, 5) is 23.5. The number of carboxylic acid groups (broad SMARTS) is 1. The van der Waals surface area contributed by atoms with Crippen molar-refractivity contribution in [2.45, 2.75) is 32.4 Å². The van der Waals surface area contributed by atoms with Crippen LogP contribution in [0.2, 0.25) is 0 Å². The number of nitrogens with one attached hydrogen (secondary N) is 1. The van der Waals surface area contributed by atoms with Crippen LogP contribution < -0.4 is 5.32 Å². The zero-order valence-corrected chi connectivity index (χ0v) is 16.9. The maximum Gasteiger partial charge on any atom is 0.335 e. The van der Waals surface area contributed by atoms with Gasteiger partial charge in [-0.25, -0.2) is 9.53 Å². The molecule has 0 aromatic heterocycles. The first kappa shape index (κ1) is 21.5. The molecule has 2 aromatic carbocycles. The lowest BCUT2D eigenvalue weighted by Gasteiger charge is -2.19. The quantitative estimate of drug-likeness (QED) is 0.227. The van der Waals surface area contributed by atoms with Crippen LogP contribution in [0.1, 0.15) is 58.7 Å². The largest absolute Gasteiger partial charge is 0.623 e. The minimum atomic E-state index is -1.00. The molecule has 28 heavy (non-hydrogen) atoms. The molecular formula is C21H24N2O4S. The van der Waals surface area contributed by atoms with Crippen molar-refractivity contribution in [3.05, 3.63) is 76.0 Å². The van der Waals surface area contributed by atoms with Gasteiger partial charge in [0.15, 0.2) is 11.8 Å². The summed E-state index contributed by atoms with van der Waals surface area (Å²) in [5.41, 5.74) is 1.58. The number of thiol groups is 1. The number of carbonyl (C=O) groups is 2. The fourth-order valence-electron chi connectivity index (χ4n) is 2.38. The minimum absolute atomic E-state index is 0.183. The second kappa shape index (κ2) is 8.93. The second-order valence-electron chi connectivity index (χ2n) is 7.38. The van der Waals surface area contributed by atoms with Crippen molar-refractivity contribution in [3.63, 3.8) is 0 Å². The molecule has 0 heterocycles. The summed E-state index contributed by atoms with van der Waals surface area (Å²) in [6.45, 7) is 5.46. The normalized spacial score (nSPS) is 13.1. The second-order valence-corrected chi connectivity index (χ2v) is 7.75. The molecule has 0 saturated carbocycles. The monoisotopic (exact) mass is 400 g/mol. The number of hydrogen-bond donors (Lipinski definition) is 3. The van der Waals surface area contributed by atoms with Gasteiger partial charge in [-0.1, -0.05) is 12.1 Å². The fraction of sp³-hybridized carbons (Fsp3) is 0.286. The lowest BCUT2D eigenvalue weighted by atomic mass is 10.0. The smallest absolute Gasteiger partial charge is 0.335 e. The van der Waals surface area contributed by atoms with Gasteiger partial charge in [0.05, 0.1) is 11.6 Å². The van der Waals surface area contributed by atoms with Crippen LogP contribution in [0.3, 0.4) is 0 Å². The average molecular weight is 401 g/mol. The molecule has 6 nitrogen and oxygen atoms in total. The number of carbonyl (C=O) groups excluding carboxylic acids is 1. The molecule has 148 valence electrons. The zero-order valence-electron chi connectivity index (χ0n) is 16.0. The van der Waals surface area contributed by atoms with E-state index in [1.807, 2.05) is 20.8 Å². The molecule has 0 radical (unpaired) electrons. The number of hydroxylamine groups is 1. The van der Waals surface area contributed by atoms with Gasteiger partial charge in [-0.05, 0) is 42.0 Å². The van der Waals surface area contributed by atoms with Crippen LogP contribution in [-0.4, -0.2) is 39.2 Å². The van der Waals surface area contributed by atoms with E-state index in [1.165, 1.54) is 18.3 Å². The molecule has 2 N–H and O–H groups in total. The Morgan fingerprint density at radius 3 is 2.11 bits per heavy atom. The van der Waals surface area contributed by atoms with Gasteiger partial charge in [0, 0.05) is 37.7 Å². The molecule has 2 aromatic rings. The molecule has 0 spiro atoms. The predicted octanol–water partition coefficient (Wildman–Crippen LogP) is 3.51. The van der Waals surface area contributed by atoms with E-state index in [2.05, 4.69) is 17.9 Å². The number of nitrogens with zero attached hydrogens (tertiary/aromatic N) is 1. The number of aromatic carboxylic acids is 1. The molecular weight excluding hydrogens is 376 g/mol. The highest BCUT2D eigenvalue weighted by atomic mass is 32.1. The Morgan fingerprint density at radius 1 is 1.11 bits per heavy atom. The summed E-state index contributed by atoms with van der Waals surface area (Å²) in [6, 6.07) is 12.7. The predicted molar refractivity (Wildman–Crippen MR) is 112 cm³/mol. The Balaban J connectivity index is 2.11. The van der Waals surface area contributed by atoms with E-state index in [0.29, 0.717) is 16.9 Å². The summed E-state index contributed by atoms with van der Waals surface area (Å²) in [5.74, 6) is -0.915. The summed E-state index contributed by atoms with van der Waals surface area (Å²) in [6.07, 6.45) is 1.49. The van der Waals surface area contributed by atoms with E-state index in [-0.39, 0.29) is 17.5 Å². The Labute approximate surface area is 169 Å². The highest BCUT2D eigenvalue weighted by Crippen LogP contribution is 2.17. The number of amides is 1. The van der Waals surface area contributed by atoms with Crippen LogP contribution in [0.25, 0.3) is 0 Å². The van der Waals surface area contributed by atoms with E-state index < -0.39 is 11.5 Å². The van der Waals surface area contributed by atoms with Gasteiger partial charge in [0.2, 0.25) is 0 Å². The van der Waals surface area contributed by atoms with Crippen LogP contribution in [-0.2, 0) is 0 Å². The van der Waals surface area contributed by atoms with Crippen molar-refractivity contribution >= 4 is 30.7 Å². The van der Waals surface area contributed by atoms with Crippen molar-refractivity contribution in [1.29, 1.82) is 0 Å². The summed E-state index contributed by atoms with van der Waals surface area (Å²) in [7, 11) is 0. The molecule has 0 fully saturated rings. The van der Waals surface area contributed by atoms with Crippen molar-refractivity contribution in [1.82, 2.24) is 5.32 Å². The molecule has 1 atom stereocenters. The summed E-state index contributed by atoms with van der Waals surface area (Å²) in [5, 5.41) is 23.9. The third kappa shape index (κ3) is 5.60. The number of carboxylic acids is 1. The van der Waals surface area contributed by atoms with Gasteiger partial charge in [-0.2, -0.15) is 12.6 Å². The van der Waals surface area contributed by atoms with E-state index in [9.17, 15) is 14.8 Å².